The number of H-pyrrole nitrogens is 1. The second-order valence-electron chi connectivity index (χ2n) is 4.11. The molecule has 1 aromatic rings. The lowest BCUT2D eigenvalue weighted by molar-refractivity contribution is -0.120. The summed E-state index contributed by atoms with van der Waals surface area (Å²) in [6.07, 6.45) is 3.61. The van der Waals surface area contributed by atoms with Crippen LogP contribution in [0.15, 0.2) is 4.79 Å². The third kappa shape index (κ3) is 2.03. The number of rotatable bonds is 3. The molecular weight excluding hydrogens is 206 g/mol. The lowest BCUT2D eigenvalue weighted by atomic mass is 10.1. The number of hydrogen-bond acceptors (Lipinski definition) is 2. The molecule has 0 radical (unpaired) electrons. The predicted molar refractivity (Wildman–Crippen MR) is 60.1 cm³/mol. The summed E-state index contributed by atoms with van der Waals surface area (Å²) in [7, 11) is 0. The van der Waals surface area contributed by atoms with Crippen molar-refractivity contribution < 1.29 is 4.79 Å². The molecule has 1 aliphatic heterocycles. The normalized spacial score (nSPS) is 14.6. The van der Waals surface area contributed by atoms with Crippen molar-refractivity contribution in [3.63, 3.8) is 0 Å². The summed E-state index contributed by atoms with van der Waals surface area (Å²) >= 11 is 0. The van der Waals surface area contributed by atoms with Crippen LogP contribution in [0.4, 0.5) is 0 Å². The summed E-state index contributed by atoms with van der Waals surface area (Å²) in [5.41, 5.74) is 1.72. The Hall–Kier alpha value is -1.52. The van der Waals surface area contributed by atoms with Gasteiger partial charge in [-0.25, -0.2) is 0 Å². The Morgan fingerprint density at radius 1 is 1.50 bits per heavy atom. The Labute approximate surface area is 93.8 Å². The molecule has 16 heavy (non-hydrogen) atoms. The van der Waals surface area contributed by atoms with Crippen LogP contribution < -0.4 is 10.9 Å². The van der Waals surface area contributed by atoms with E-state index < -0.39 is 0 Å². The summed E-state index contributed by atoms with van der Waals surface area (Å²) < 4.78 is 1.92. The van der Waals surface area contributed by atoms with Crippen molar-refractivity contribution in [3.05, 3.63) is 21.6 Å². The van der Waals surface area contributed by atoms with Gasteiger partial charge < -0.3 is 5.32 Å². The van der Waals surface area contributed by atoms with Gasteiger partial charge in [-0.1, -0.05) is 6.92 Å². The highest BCUT2D eigenvalue weighted by atomic mass is 16.1. The average Bonchev–Trinajstić information content (AvgIpc) is 2.62. The highest BCUT2D eigenvalue weighted by Crippen LogP contribution is 2.15. The minimum absolute atomic E-state index is 0.0184. The van der Waals surface area contributed by atoms with Crippen LogP contribution in [0.1, 0.15) is 37.4 Å². The first-order valence-electron chi connectivity index (χ1n) is 5.79. The van der Waals surface area contributed by atoms with Gasteiger partial charge in [0.15, 0.2) is 0 Å². The number of fused-ring (bicyclic) bond motifs is 1. The predicted octanol–water partition coefficient (Wildman–Crippen LogP) is 0.539. The number of hydrogen-bond donors (Lipinski definition) is 2. The fraction of sp³-hybridized carbons (Fsp3) is 0.636. The van der Waals surface area contributed by atoms with E-state index in [4.69, 9.17) is 0 Å². The molecule has 1 amide bonds. The maximum atomic E-state index is 11.7. The molecule has 0 bridgehead atoms. The first kappa shape index (κ1) is 11.0. The van der Waals surface area contributed by atoms with Crippen molar-refractivity contribution in [2.45, 2.75) is 45.7 Å². The van der Waals surface area contributed by atoms with Gasteiger partial charge >= 0.3 is 0 Å². The summed E-state index contributed by atoms with van der Waals surface area (Å²) in [5, 5.41) is 5.57. The quantitative estimate of drug-likeness (QED) is 0.785. The molecule has 1 aromatic heterocycles. The van der Waals surface area contributed by atoms with Crippen LogP contribution in [-0.4, -0.2) is 15.7 Å². The van der Waals surface area contributed by atoms with Gasteiger partial charge in [0.2, 0.25) is 5.91 Å². The molecule has 0 aromatic carbocycles. The van der Waals surface area contributed by atoms with Gasteiger partial charge in [0.25, 0.3) is 5.56 Å². The van der Waals surface area contributed by atoms with Crippen LogP contribution in [0, 0.1) is 0 Å². The number of aromatic nitrogens is 2. The molecule has 5 nitrogen and oxygen atoms in total. The summed E-state index contributed by atoms with van der Waals surface area (Å²) in [6.45, 7) is 3.03. The minimum atomic E-state index is -0.0618. The van der Waals surface area contributed by atoms with Gasteiger partial charge in [-0.05, 0) is 19.3 Å². The first-order chi connectivity index (χ1) is 7.72. The zero-order chi connectivity index (χ0) is 11.5. The van der Waals surface area contributed by atoms with Crippen LogP contribution in [0.2, 0.25) is 0 Å². The molecule has 2 heterocycles. The van der Waals surface area contributed by atoms with E-state index in [-0.39, 0.29) is 11.5 Å². The molecule has 5 heteroatoms. The van der Waals surface area contributed by atoms with Crippen LogP contribution in [-0.2, 0) is 24.3 Å². The van der Waals surface area contributed by atoms with Gasteiger partial charge in [-0.15, -0.1) is 0 Å². The van der Waals surface area contributed by atoms with E-state index >= 15 is 0 Å². The van der Waals surface area contributed by atoms with Gasteiger partial charge in [0, 0.05) is 18.7 Å². The Morgan fingerprint density at radius 2 is 2.31 bits per heavy atom. The molecule has 2 rings (SSSR count). The summed E-state index contributed by atoms with van der Waals surface area (Å²) in [4.78, 5) is 22.8. The first-order valence-corrected chi connectivity index (χ1v) is 5.79. The fourth-order valence-electron chi connectivity index (χ4n) is 2.08. The number of aromatic amines is 1. The molecule has 0 fully saturated rings. The largest absolute Gasteiger partial charge is 0.352 e. The molecule has 88 valence electrons. The maximum absolute atomic E-state index is 11.7. The van der Waals surface area contributed by atoms with Crippen molar-refractivity contribution in [3.8, 4) is 0 Å². The number of nitrogens with one attached hydrogen (secondary N) is 2. The second kappa shape index (κ2) is 4.55. The maximum Gasteiger partial charge on any atom is 0.269 e. The van der Waals surface area contributed by atoms with E-state index in [1.807, 2.05) is 4.68 Å². The van der Waals surface area contributed by atoms with Gasteiger partial charge in [0.05, 0.1) is 12.1 Å². The Bertz CT molecular complexity index is 445. The number of nitrogens with zero attached hydrogens (tertiary/aromatic N) is 1. The smallest absolute Gasteiger partial charge is 0.269 e. The number of carbonyl (C=O) groups excluding carboxylic acids is 1. The van der Waals surface area contributed by atoms with Crippen molar-refractivity contribution in [1.29, 1.82) is 0 Å². The molecule has 1 aliphatic rings. The molecule has 0 saturated heterocycles. The third-order valence-electron chi connectivity index (χ3n) is 3.01. The highest BCUT2D eigenvalue weighted by Gasteiger charge is 2.17. The molecule has 0 atom stereocenters. The third-order valence-corrected chi connectivity index (χ3v) is 3.01. The van der Waals surface area contributed by atoms with Crippen molar-refractivity contribution in [2.75, 3.05) is 0 Å². The van der Waals surface area contributed by atoms with Gasteiger partial charge in [0.1, 0.15) is 0 Å². The van der Waals surface area contributed by atoms with E-state index in [1.165, 1.54) is 0 Å². The number of carbonyl (C=O) groups is 1. The number of amides is 1. The lowest BCUT2D eigenvalue weighted by Gasteiger charge is -2.15. The highest BCUT2D eigenvalue weighted by molar-refractivity contribution is 5.75. The average molecular weight is 223 g/mol. The molecule has 0 spiro atoms. The van der Waals surface area contributed by atoms with Crippen LogP contribution in [0.3, 0.4) is 0 Å². The molecule has 0 aliphatic carbocycles. The second-order valence-corrected chi connectivity index (χ2v) is 4.11. The van der Waals surface area contributed by atoms with E-state index in [0.29, 0.717) is 13.0 Å². The van der Waals surface area contributed by atoms with Crippen LogP contribution in [0.25, 0.3) is 0 Å². The molecule has 2 N–H and O–H groups in total. The van der Waals surface area contributed by atoms with Gasteiger partial charge in [-0.2, -0.15) is 0 Å². The number of aryl methyl sites for hydroxylation is 1. The monoisotopic (exact) mass is 223 g/mol. The summed E-state index contributed by atoms with van der Waals surface area (Å²) in [5.74, 6) is -0.0184. The molecule has 0 saturated carbocycles. The van der Waals surface area contributed by atoms with E-state index in [1.54, 1.807) is 6.92 Å². The van der Waals surface area contributed by atoms with Crippen LogP contribution in [0.5, 0.6) is 0 Å². The van der Waals surface area contributed by atoms with Crippen molar-refractivity contribution in [2.24, 2.45) is 0 Å². The summed E-state index contributed by atoms with van der Waals surface area (Å²) in [6, 6.07) is 0. The van der Waals surface area contributed by atoms with Crippen molar-refractivity contribution >= 4 is 5.91 Å². The van der Waals surface area contributed by atoms with E-state index in [2.05, 4.69) is 10.4 Å². The Kier molecular flexibility index (Phi) is 3.12. The van der Waals surface area contributed by atoms with E-state index in [0.717, 1.165) is 37.1 Å². The molecular formula is C11H17N3O2. The topological polar surface area (TPSA) is 66.9 Å². The Balaban J connectivity index is 2.17. The fourth-order valence-corrected chi connectivity index (χ4v) is 2.08. The lowest BCUT2D eigenvalue weighted by Crippen LogP contribution is -2.25. The zero-order valence-corrected chi connectivity index (χ0v) is 9.51. The SMILES string of the molecule is CCC(=O)NCc1c2n([nH]c1=O)CCCC2. The van der Waals surface area contributed by atoms with Crippen LogP contribution >= 0.6 is 0 Å². The molecule has 0 unspecified atom stereocenters. The van der Waals surface area contributed by atoms with Crippen molar-refractivity contribution in [1.82, 2.24) is 15.1 Å². The zero-order valence-electron chi connectivity index (χ0n) is 9.51. The standard InChI is InChI=1S/C11H17N3O2/c1-2-10(15)12-7-8-9-5-3-4-6-14(9)13-11(8)16/h2-7H2,1H3,(H,12,15)(H,13,16). The Morgan fingerprint density at radius 3 is 3.06 bits per heavy atom. The van der Waals surface area contributed by atoms with Gasteiger partial charge in [-0.3, -0.25) is 19.4 Å². The minimum Gasteiger partial charge on any atom is -0.352 e. The van der Waals surface area contributed by atoms with E-state index in [9.17, 15) is 9.59 Å².